The van der Waals surface area contributed by atoms with E-state index in [4.69, 9.17) is 22.1 Å². The quantitative estimate of drug-likeness (QED) is 0.173. The fraction of sp³-hybridized carbons (Fsp3) is 0.159. The van der Waals surface area contributed by atoms with Gasteiger partial charge in [0.15, 0.2) is 0 Å². The second-order valence-electron chi connectivity index (χ2n) is 19.2. The molecule has 0 amide bonds. The lowest BCUT2D eigenvalue weighted by molar-refractivity contribution is 0.479. The maximum absolute atomic E-state index is 8.73. The molecule has 0 saturated carbocycles. The van der Waals surface area contributed by atoms with Gasteiger partial charge >= 0.3 is 0 Å². The molecule has 5 nitrogen and oxygen atoms in total. The number of nitrogens with zero attached hydrogens (tertiary/aromatic N) is 4. The lowest BCUT2D eigenvalue weighted by Crippen LogP contribution is -2.15. The van der Waals surface area contributed by atoms with E-state index < -0.39 is 20.6 Å². The van der Waals surface area contributed by atoms with Crippen molar-refractivity contribution in [3.8, 4) is 28.4 Å². The minimum Gasteiger partial charge on any atom is -0.457 e. The van der Waals surface area contributed by atoms with Crippen molar-refractivity contribution in [1.29, 1.82) is 0 Å². The first-order chi connectivity index (χ1) is 36.5. The predicted octanol–water partition coefficient (Wildman–Crippen LogP) is 17.1. The fourth-order valence-electron chi connectivity index (χ4n) is 10.4. The third-order valence-corrected chi connectivity index (χ3v) is 13.8. The molecule has 0 saturated heterocycles. The molecular formula is C63H54N4O. The van der Waals surface area contributed by atoms with E-state index in [9.17, 15) is 0 Å². The number of benzene rings is 8. The van der Waals surface area contributed by atoms with Gasteiger partial charge < -0.3 is 14.2 Å². The van der Waals surface area contributed by atoms with E-state index >= 15 is 0 Å². The molecule has 0 atom stereocenters. The number of aryl methyl sites for hydroxylation is 5. The van der Waals surface area contributed by atoms with Gasteiger partial charge in [0.05, 0.1) is 27.8 Å². The van der Waals surface area contributed by atoms with Crippen LogP contribution in [0.3, 0.4) is 0 Å². The first-order valence-electron chi connectivity index (χ1n) is 27.5. The predicted molar refractivity (Wildman–Crippen MR) is 287 cm³/mol. The van der Waals surface area contributed by atoms with E-state index in [0.29, 0.717) is 56.9 Å². The van der Waals surface area contributed by atoms with Crippen LogP contribution >= 0.6 is 0 Å². The Hall–Kier alpha value is -7.89. The summed E-state index contributed by atoms with van der Waals surface area (Å²) in [5, 5.41) is 7.97. The number of para-hydroxylation sites is 2. The number of rotatable bonds is 5. The second kappa shape index (κ2) is 15.6. The minimum atomic E-state index is -2.56. The average Bonchev–Trinajstić information content (AvgIpc) is 4.19. The molecule has 1 aliphatic rings. The maximum Gasteiger partial charge on any atom is 0.137 e. The summed E-state index contributed by atoms with van der Waals surface area (Å²) in [5.74, 6) is 0.724. The van der Waals surface area contributed by atoms with Crippen LogP contribution in [0.4, 0.5) is 11.4 Å². The molecule has 332 valence electrons. The van der Waals surface area contributed by atoms with Crippen LogP contribution in [0.15, 0.2) is 170 Å². The molecule has 4 heterocycles. The summed E-state index contributed by atoms with van der Waals surface area (Å²) in [7, 11) is 0. The van der Waals surface area contributed by atoms with Crippen LogP contribution in [0.25, 0.3) is 82.1 Å². The van der Waals surface area contributed by atoms with Crippen molar-refractivity contribution in [2.45, 2.75) is 67.3 Å². The van der Waals surface area contributed by atoms with E-state index in [0.717, 1.165) is 65.7 Å². The largest absolute Gasteiger partial charge is 0.457 e. The molecule has 8 aromatic carbocycles. The molecule has 11 aromatic rings. The summed E-state index contributed by atoms with van der Waals surface area (Å²) in [6.45, 7) is 3.55. The van der Waals surface area contributed by atoms with Crippen LogP contribution in [-0.4, -0.2) is 14.1 Å². The Balaban J connectivity index is 1.03. The van der Waals surface area contributed by atoms with E-state index in [2.05, 4.69) is 123 Å². The van der Waals surface area contributed by atoms with Gasteiger partial charge in [0.1, 0.15) is 24.0 Å². The Morgan fingerprint density at radius 3 is 2.06 bits per heavy atom. The number of ether oxygens (including phenoxy) is 1. The number of hydrogen-bond donors (Lipinski definition) is 0. The molecule has 5 heteroatoms. The highest BCUT2D eigenvalue weighted by molar-refractivity contribution is 6.21. The normalized spacial score (nSPS) is 15.1. The topological polar surface area (TPSA) is 35.2 Å². The lowest BCUT2D eigenvalue weighted by atomic mass is 9.86. The monoisotopic (exact) mass is 891 g/mol. The molecule has 3 aromatic heterocycles. The Bertz CT molecular complexity index is 4310. The van der Waals surface area contributed by atoms with Crippen molar-refractivity contribution >= 4 is 76.5 Å². The summed E-state index contributed by atoms with van der Waals surface area (Å²) >= 11 is 0. The second-order valence-corrected chi connectivity index (χ2v) is 19.2. The van der Waals surface area contributed by atoms with Gasteiger partial charge in [-0.05, 0) is 132 Å². The van der Waals surface area contributed by atoms with Gasteiger partial charge in [-0.1, -0.05) is 141 Å². The smallest absolute Gasteiger partial charge is 0.137 e. The highest BCUT2D eigenvalue weighted by Gasteiger charge is 2.26. The lowest BCUT2D eigenvalue weighted by Gasteiger charge is -2.21. The molecule has 0 unspecified atom stereocenters. The molecule has 0 radical (unpaired) electrons. The molecule has 0 bridgehead atoms. The van der Waals surface area contributed by atoms with Gasteiger partial charge in [-0.2, -0.15) is 0 Å². The van der Waals surface area contributed by atoms with Gasteiger partial charge in [-0.3, -0.25) is 4.57 Å². The van der Waals surface area contributed by atoms with Crippen LogP contribution in [0, 0.1) is 34.4 Å². The third-order valence-electron chi connectivity index (χ3n) is 13.8. The van der Waals surface area contributed by atoms with Crippen molar-refractivity contribution in [2.24, 2.45) is 0 Å². The van der Waals surface area contributed by atoms with Crippen LogP contribution in [0.2, 0.25) is 0 Å². The number of hydrogen-bond acceptors (Lipinski definition) is 3. The maximum atomic E-state index is 8.73. The van der Waals surface area contributed by atoms with Gasteiger partial charge in [-0.25, -0.2) is 4.98 Å². The van der Waals surface area contributed by atoms with Gasteiger partial charge in [-0.15, -0.1) is 0 Å². The molecule has 0 fully saturated rings. The van der Waals surface area contributed by atoms with E-state index in [1.165, 1.54) is 0 Å². The van der Waals surface area contributed by atoms with Crippen molar-refractivity contribution in [1.82, 2.24) is 14.1 Å². The van der Waals surface area contributed by atoms with Crippen molar-refractivity contribution < 1.29 is 17.1 Å². The molecule has 0 aliphatic carbocycles. The molecule has 0 N–H and O–H groups in total. The molecule has 0 spiro atoms. The van der Waals surface area contributed by atoms with Crippen LogP contribution in [-0.2, 0) is 12.1 Å². The Labute approximate surface area is 410 Å². The van der Waals surface area contributed by atoms with Crippen molar-refractivity contribution in [3.63, 3.8) is 0 Å². The van der Waals surface area contributed by atoms with Gasteiger partial charge in [0.2, 0.25) is 0 Å². The SMILES string of the molecule is [2H]C([2H])([2H])c1ccc2c(c1)c1ccc(Oc3cc(N4Cn5c6c(C)cccc6c6cc(C)ccc6c6ccccc6c6cccc4c65)ccc3C([2H])([2H])[2H])cc1n2-c1cc(C([2H])([2H])[2H])c(-c2ccc(C(C)(C)C)cc2)cn1. The zero-order chi connectivity index (χ0) is 54.1. The van der Waals surface area contributed by atoms with Crippen molar-refractivity contribution in [2.75, 3.05) is 4.90 Å². The Kier molecular flexibility index (Phi) is 7.51. The summed E-state index contributed by atoms with van der Waals surface area (Å²) in [4.78, 5) is 7.11. The van der Waals surface area contributed by atoms with Crippen LogP contribution in [0.1, 0.15) is 66.5 Å². The number of pyridine rings is 1. The number of anilines is 2. The molecular weight excluding hydrogens is 829 g/mol. The average molecular weight is 892 g/mol. The summed E-state index contributed by atoms with van der Waals surface area (Å²) in [5.41, 5.74) is 9.61. The summed E-state index contributed by atoms with van der Waals surface area (Å²) in [6, 6.07) is 52.9. The molecule has 68 heavy (non-hydrogen) atoms. The molecule has 12 rings (SSSR count). The standard InChI is InChI=1S/C63H54N4O/c1-38-19-28-49-47-14-9-10-15-48(47)51-17-12-18-57-62(51)66(61-41(4)13-11-16-52(61)53(49)31-38)37-65(57)45-26-21-40(3)59(34-45)68-46-27-29-50-54-32-39(2)20-30-56(54)67(58(50)35-46)60-33-42(5)55(36-64-60)43-22-24-44(25-23-43)63(6,7)8/h9-36H,37H2,1-8H3/i2D3,3D3,5D3. The Morgan fingerprint density at radius 1 is 0.544 bits per heavy atom. The molecule has 1 aliphatic heterocycles. The van der Waals surface area contributed by atoms with Crippen molar-refractivity contribution in [3.05, 3.63) is 203 Å². The number of aromatic nitrogens is 3. The van der Waals surface area contributed by atoms with Gasteiger partial charge in [0.25, 0.3) is 0 Å². The first-order valence-corrected chi connectivity index (χ1v) is 23.0. The van der Waals surface area contributed by atoms with E-state index in [-0.39, 0.29) is 27.9 Å². The van der Waals surface area contributed by atoms with Crippen LogP contribution in [0.5, 0.6) is 11.5 Å². The minimum absolute atomic E-state index is 0.0147. The fourth-order valence-corrected chi connectivity index (χ4v) is 10.4. The van der Waals surface area contributed by atoms with E-state index in [1.807, 2.05) is 41.0 Å². The third kappa shape index (κ3) is 6.71. The zero-order valence-electron chi connectivity index (χ0n) is 47.6. The van der Waals surface area contributed by atoms with Crippen LogP contribution < -0.4 is 9.64 Å². The highest BCUT2D eigenvalue weighted by atomic mass is 16.5. The zero-order valence-corrected chi connectivity index (χ0v) is 38.6. The number of fused-ring (bicyclic) bond motifs is 10. The summed E-state index contributed by atoms with van der Waals surface area (Å²) < 4.78 is 88.2. The van der Waals surface area contributed by atoms with Gasteiger partial charge in [0, 0.05) is 63.5 Å². The highest BCUT2D eigenvalue weighted by Crippen LogP contribution is 2.45. The first kappa shape index (κ1) is 32.7. The van der Waals surface area contributed by atoms with E-state index in [1.54, 1.807) is 54.7 Å². The Morgan fingerprint density at radius 2 is 1.26 bits per heavy atom. The summed E-state index contributed by atoms with van der Waals surface area (Å²) in [6.07, 6.45) is 1.58.